The van der Waals surface area contributed by atoms with Crippen molar-refractivity contribution < 1.29 is 23.5 Å². The number of hydrogen-bond acceptors (Lipinski definition) is 3. The van der Waals surface area contributed by atoms with E-state index in [1.54, 1.807) is 13.8 Å². The fourth-order valence-electron chi connectivity index (χ4n) is 2.02. The van der Waals surface area contributed by atoms with E-state index in [9.17, 15) is 18.4 Å². The van der Waals surface area contributed by atoms with E-state index >= 15 is 0 Å². The Bertz CT molecular complexity index is 549. The van der Waals surface area contributed by atoms with Crippen molar-refractivity contribution >= 4 is 17.6 Å². The Morgan fingerprint density at radius 1 is 1.24 bits per heavy atom. The van der Waals surface area contributed by atoms with E-state index < -0.39 is 34.5 Å². The summed E-state index contributed by atoms with van der Waals surface area (Å²) >= 11 is 0. The highest BCUT2D eigenvalue weighted by atomic mass is 19.1. The molecule has 1 rings (SSSR count). The molecule has 0 saturated heterocycles. The number of halogens is 2. The number of aromatic carboxylic acids is 1. The predicted molar refractivity (Wildman–Crippen MR) is 74.0 cm³/mol. The smallest absolute Gasteiger partial charge is 0.338 e. The highest BCUT2D eigenvalue weighted by Gasteiger charge is 2.34. The van der Waals surface area contributed by atoms with Gasteiger partial charge in [0, 0.05) is 12.6 Å². The molecule has 0 unspecified atom stereocenters. The van der Waals surface area contributed by atoms with Crippen LogP contribution >= 0.6 is 0 Å². The fourth-order valence-corrected chi connectivity index (χ4v) is 2.02. The molecule has 0 aliphatic rings. The van der Waals surface area contributed by atoms with Gasteiger partial charge in [-0.15, -0.1) is 0 Å². The summed E-state index contributed by atoms with van der Waals surface area (Å²) < 4.78 is 27.0. The van der Waals surface area contributed by atoms with Crippen LogP contribution in [0, 0.1) is 17.0 Å². The molecule has 0 atom stereocenters. The highest BCUT2D eigenvalue weighted by molar-refractivity contribution is 5.97. The average Bonchev–Trinajstić information content (AvgIpc) is 2.44. The zero-order valence-corrected chi connectivity index (χ0v) is 11.9. The minimum absolute atomic E-state index is 0.0699. The normalized spacial score (nSPS) is 11.3. The number of rotatable bonds is 6. The minimum Gasteiger partial charge on any atom is -0.478 e. The van der Waals surface area contributed by atoms with Crippen molar-refractivity contribution in [2.45, 2.75) is 26.7 Å². The van der Waals surface area contributed by atoms with E-state index in [0.717, 1.165) is 6.07 Å². The molecule has 21 heavy (non-hydrogen) atoms. The number of hydrogen-bond donors (Lipinski definition) is 3. The van der Waals surface area contributed by atoms with Crippen LogP contribution < -0.4 is 11.1 Å². The molecule has 0 fully saturated rings. The van der Waals surface area contributed by atoms with Crippen LogP contribution in [0.4, 0.5) is 14.5 Å². The number of benzene rings is 1. The number of anilines is 1. The average molecular weight is 300 g/mol. The van der Waals surface area contributed by atoms with Gasteiger partial charge in [-0.2, -0.15) is 0 Å². The van der Waals surface area contributed by atoms with Gasteiger partial charge < -0.3 is 16.2 Å². The molecule has 1 amide bonds. The molecular weight excluding hydrogens is 282 g/mol. The van der Waals surface area contributed by atoms with E-state index in [4.69, 9.17) is 10.8 Å². The van der Waals surface area contributed by atoms with Crippen molar-refractivity contribution in [2.75, 3.05) is 11.9 Å². The number of nitrogens with two attached hydrogens (primary N) is 1. The van der Waals surface area contributed by atoms with Crippen LogP contribution in [0.15, 0.2) is 12.1 Å². The second-order valence-electron chi connectivity index (χ2n) is 4.76. The molecule has 0 aromatic heterocycles. The highest BCUT2D eigenvalue weighted by Crippen LogP contribution is 2.28. The molecule has 4 N–H and O–H groups in total. The number of carboxylic acid groups (broad SMARTS) is 1. The largest absolute Gasteiger partial charge is 0.478 e. The van der Waals surface area contributed by atoms with E-state index in [1.807, 2.05) is 0 Å². The van der Waals surface area contributed by atoms with Gasteiger partial charge in [0.15, 0.2) is 0 Å². The SMILES string of the molecule is CCC(CC)(CN)C(=O)Nc1cc(C(=O)O)c(F)cc1F. The van der Waals surface area contributed by atoms with Crippen molar-refractivity contribution in [1.82, 2.24) is 0 Å². The maximum atomic E-state index is 13.7. The standard InChI is InChI=1S/C14H18F2N2O3/c1-3-14(4-2,7-17)13(21)18-11-5-8(12(19)20)9(15)6-10(11)16/h5-6H,3-4,7,17H2,1-2H3,(H,18,21)(H,19,20). The Hall–Kier alpha value is -2.02. The van der Waals surface area contributed by atoms with Crippen LogP contribution in [0.25, 0.3) is 0 Å². The molecule has 1 aromatic carbocycles. The number of carboxylic acids is 1. The van der Waals surface area contributed by atoms with Crippen LogP contribution in [-0.2, 0) is 4.79 Å². The van der Waals surface area contributed by atoms with Gasteiger partial charge in [0.05, 0.1) is 16.7 Å². The molecule has 0 aliphatic heterocycles. The molecule has 0 heterocycles. The van der Waals surface area contributed by atoms with Gasteiger partial charge in [0.2, 0.25) is 5.91 Å². The Labute approximate surface area is 121 Å². The van der Waals surface area contributed by atoms with Crippen LogP contribution in [-0.4, -0.2) is 23.5 Å². The lowest BCUT2D eigenvalue weighted by Gasteiger charge is -2.28. The maximum absolute atomic E-state index is 13.7. The zero-order valence-electron chi connectivity index (χ0n) is 11.9. The summed E-state index contributed by atoms with van der Waals surface area (Å²) in [6, 6.07) is 1.19. The van der Waals surface area contributed by atoms with Gasteiger partial charge >= 0.3 is 5.97 Å². The molecule has 0 bridgehead atoms. The summed E-state index contributed by atoms with van der Waals surface area (Å²) in [6.07, 6.45) is 0.890. The van der Waals surface area contributed by atoms with Crippen LogP contribution in [0.3, 0.4) is 0 Å². The first-order chi connectivity index (χ1) is 9.81. The monoisotopic (exact) mass is 300 g/mol. The maximum Gasteiger partial charge on any atom is 0.338 e. The molecule has 1 aromatic rings. The van der Waals surface area contributed by atoms with Gasteiger partial charge in [0.1, 0.15) is 11.6 Å². The lowest BCUT2D eigenvalue weighted by Crippen LogP contribution is -2.41. The summed E-state index contributed by atoms with van der Waals surface area (Å²) in [4.78, 5) is 23.1. The molecule has 0 spiro atoms. The third-order valence-corrected chi connectivity index (χ3v) is 3.76. The first-order valence-corrected chi connectivity index (χ1v) is 6.55. The number of carbonyl (C=O) groups excluding carboxylic acids is 1. The van der Waals surface area contributed by atoms with Crippen molar-refractivity contribution in [3.63, 3.8) is 0 Å². The third kappa shape index (κ3) is 3.36. The first kappa shape index (κ1) is 17.0. The predicted octanol–water partition coefficient (Wildman–Crippen LogP) is 2.37. The summed E-state index contributed by atoms with van der Waals surface area (Å²) in [7, 11) is 0. The summed E-state index contributed by atoms with van der Waals surface area (Å²) in [5.41, 5.74) is 3.66. The topological polar surface area (TPSA) is 92.4 Å². The van der Waals surface area contributed by atoms with Crippen molar-refractivity contribution in [1.29, 1.82) is 0 Å². The first-order valence-electron chi connectivity index (χ1n) is 6.55. The molecule has 7 heteroatoms. The number of amides is 1. The second-order valence-corrected chi connectivity index (χ2v) is 4.76. The van der Waals surface area contributed by atoms with Gasteiger partial charge in [-0.1, -0.05) is 13.8 Å². The lowest BCUT2D eigenvalue weighted by atomic mass is 9.81. The van der Waals surface area contributed by atoms with E-state index in [1.165, 1.54) is 0 Å². The van der Waals surface area contributed by atoms with Crippen molar-refractivity contribution in [2.24, 2.45) is 11.1 Å². The quantitative estimate of drug-likeness (QED) is 0.752. The molecule has 116 valence electrons. The number of nitrogens with one attached hydrogen (secondary N) is 1. The Morgan fingerprint density at radius 3 is 2.24 bits per heavy atom. The lowest BCUT2D eigenvalue weighted by molar-refractivity contribution is -0.125. The van der Waals surface area contributed by atoms with Crippen LogP contribution in [0.2, 0.25) is 0 Å². The van der Waals surface area contributed by atoms with E-state index in [0.29, 0.717) is 18.9 Å². The summed E-state index contributed by atoms with van der Waals surface area (Å²) in [6.45, 7) is 3.62. The molecule has 0 radical (unpaired) electrons. The molecule has 5 nitrogen and oxygen atoms in total. The summed E-state index contributed by atoms with van der Waals surface area (Å²) in [5, 5.41) is 11.1. The zero-order chi connectivity index (χ0) is 16.2. The van der Waals surface area contributed by atoms with Gasteiger partial charge in [0.25, 0.3) is 0 Å². The van der Waals surface area contributed by atoms with Crippen LogP contribution in [0.5, 0.6) is 0 Å². The Balaban J connectivity index is 3.16. The minimum atomic E-state index is -1.54. The number of carbonyl (C=O) groups is 2. The van der Waals surface area contributed by atoms with E-state index in [-0.39, 0.29) is 12.2 Å². The van der Waals surface area contributed by atoms with Gasteiger partial charge in [-0.05, 0) is 18.9 Å². The van der Waals surface area contributed by atoms with Crippen molar-refractivity contribution in [3.05, 3.63) is 29.3 Å². The molecular formula is C14H18F2N2O3. The Kier molecular flexibility index (Phi) is 5.37. The van der Waals surface area contributed by atoms with Crippen molar-refractivity contribution in [3.8, 4) is 0 Å². The third-order valence-electron chi connectivity index (χ3n) is 3.76. The van der Waals surface area contributed by atoms with Gasteiger partial charge in [-0.3, -0.25) is 4.79 Å². The van der Waals surface area contributed by atoms with Gasteiger partial charge in [-0.25, -0.2) is 13.6 Å². The fraction of sp³-hybridized carbons (Fsp3) is 0.429. The Morgan fingerprint density at radius 2 is 1.81 bits per heavy atom. The summed E-state index contributed by atoms with van der Waals surface area (Å²) in [5.74, 6) is -4.30. The van der Waals surface area contributed by atoms with E-state index in [2.05, 4.69) is 5.32 Å². The molecule has 0 saturated carbocycles. The van der Waals surface area contributed by atoms with Crippen LogP contribution in [0.1, 0.15) is 37.0 Å². The second kappa shape index (κ2) is 6.62. The molecule has 0 aliphatic carbocycles.